The lowest BCUT2D eigenvalue weighted by molar-refractivity contribution is -0.0416. The second-order valence-electron chi connectivity index (χ2n) is 10.0. The molecule has 1 aromatic heterocycles. The van der Waals surface area contributed by atoms with Crippen LogP contribution in [0.1, 0.15) is 55.3 Å². The first-order chi connectivity index (χ1) is 15.1. The van der Waals surface area contributed by atoms with Crippen LogP contribution in [0.25, 0.3) is 11.4 Å². The number of imidazole rings is 1. The molecule has 0 bridgehead atoms. The normalized spacial score (nSPS) is 24.7. The van der Waals surface area contributed by atoms with Crippen molar-refractivity contribution in [2.75, 3.05) is 32.7 Å². The van der Waals surface area contributed by atoms with Gasteiger partial charge in [-0.25, -0.2) is 4.98 Å². The molecule has 1 aromatic carbocycles. The molecule has 3 heterocycles. The summed E-state index contributed by atoms with van der Waals surface area (Å²) in [7, 11) is 0. The number of aliphatic hydroxyl groups is 1. The minimum absolute atomic E-state index is 0.111. The number of nitrogens with one attached hydrogen (secondary N) is 1. The Morgan fingerprint density at radius 2 is 1.90 bits per heavy atom. The number of hydrogen-bond acceptors (Lipinski definition) is 4. The number of benzene rings is 1. The number of likely N-dealkylation sites (tertiary alicyclic amines) is 2. The van der Waals surface area contributed by atoms with Gasteiger partial charge in [0.15, 0.2) is 0 Å². The molecule has 166 valence electrons. The van der Waals surface area contributed by atoms with E-state index in [9.17, 15) is 9.90 Å². The molecular weight excluding hydrogens is 388 g/mol. The number of amides is 1. The molecule has 31 heavy (non-hydrogen) atoms. The van der Waals surface area contributed by atoms with Crippen molar-refractivity contribution in [2.24, 2.45) is 11.3 Å². The summed E-state index contributed by atoms with van der Waals surface area (Å²) in [5, 5.41) is 10.6. The zero-order chi connectivity index (χ0) is 21.3. The number of rotatable bonds is 4. The van der Waals surface area contributed by atoms with Crippen LogP contribution in [0.5, 0.6) is 0 Å². The summed E-state index contributed by atoms with van der Waals surface area (Å²) in [6.07, 6.45) is 11.6. The lowest BCUT2D eigenvalue weighted by Crippen LogP contribution is -2.55. The number of β-amino-alcohol motifs (C(OH)–C–C–N with tert-alkyl or cyclic N) is 1. The Kier molecular flexibility index (Phi) is 5.85. The van der Waals surface area contributed by atoms with E-state index in [1.54, 1.807) is 12.4 Å². The van der Waals surface area contributed by atoms with E-state index in [0.717, 1.165) is 74.9 Å². The number of aliphatic hydroxyl groups excluding tert-OH is 1. The van der Waals surface area contributed by atoms with Crippen LogP contribution in [-0.2, 0) is 0 Å². The fourth-order valence-corrected chi connectivity index (χ4v) is 6.09. The van der Waals surface area contributed by atoms with Gasteiger partial charge in [0.1, 0.15) is 5.82 Å². The number of H-pyrrole nitrogens is 1. The number of hydrogen-bond donors (Lipinski definition) is 2. The first-order valence-electron chi connectivity index (χ1n) is 11.9. The van der Waals surface area contributed by atoms with Crippen LogP contribution in [0.15, 0.2) is 36.7 Å². The lowest BCUT2D eigenvalue weighted by Gasteiger charge is -2.49. The Bertz CT molecular complexity index is 865. The van der Waals surface area contributed by atoms with Gasteiger partial charge in [-0.15, -0.1) is 0 Å². The van der Waals surface area contributed by atoms with E-state index in [-0.39, 0.29) is 17.4 Å². The summed E-state index contributed by atoms with van der Waals surface area (Å²) in [5.41, 5.74) is 1.88. The molecule has 1 atom stereocenters. The van der Waals surface area contributed by atoms with Gasteiger partial charge < -0.3 is 15.0 Å². The van der Waals surface area contributed by atoms with Gasteiger partial charge in [0.2, 0.25) is 0 Å². The van der Waals surface area contributed by atoms with E-state index in [1.165, 1.54) is 25.7 Å². The highest BCUT2D eigenvalue weighted by molar-refractivity contribution is 5.94. The van der Waals surface area contributed by atoms with Gasteiger partial charge in [-0.05, 0) is 55.6 Å². The topological polar surface area (TPSA) is 72.5 Å². The van der Waals surface area contributed by atoms with Crippen molar-refractivity contribution in [3.63, 3.8) is 0 Å². The average molecular weight is 423 g/mol. The van der Waals surface area contributed by atoms with Crippen LogP contribution in [0.3, 0.4) is 0 Å². The van der Waals surface area contributed by atoms with Crippen LogP contribution < -0.4 is 0 Å². The van der Waals surface area contributed by atoms with Gasteiger partial charge in [0.05, 0.1) is 6.10 Å². The molecular formula is C25H34N4O2. The van der Waals surface area contributed by atoms with Crippen molar-refractivity contribution < 1.29 is 9.90 Å². The molecule has 1 unspecified atom stereocenters. The van der Waals surface area contributed by atoms with E-state index >= 15 is 0 Å². The maximum atomic E-state index is 13.1. The standard InChI is InChI=1S/C25H34N4O2/c30-22-15-25(18-28(17-22)16-19-3-1-2-4-19)9-13-29(14-10-25)24(31)21-7-5-20(6-8-21)23-26-11-12-27-23/h5-8,11-12,19,22,30H,1-4,9-10,13-18H2,(H,26,27). The highest BCUT2D eigenvalue weighted by atomic mass is 16.3. The summed E-state index contributed by atoms with van der Waals surface area (Å²) < 4.78 is 0. The number of aromatic amines is 1. The van der Waals surface area contributed by atoms with E-state index < -0.39 is 0 Å². The van der Waals surface area contributed by atoms with Gasteiger partial charge in [0.25, 0.3) is 5.91 Å². The molecule has 1 spiro atoms. The summed E-state index contributed by atoms with van der Waals surface area (Å²) in [4.78, 5) is 25.0. The highest BCUT2D eigenvalue weighted by Gasteiger charge is 2.42. The molecule has 2 N–H and O–H groups in total. The van der Waals surface area contributed by atoms with Crippen molar-refractivity contribution in [3.8, 4) is 11.4 Å². The lowest BCUT2D eigenvalue weighted by atomic mass is 9.71. The summed E-state index contributed by atoms with van der Waals surface area (Å²) >= 11 is 0. The number of aromatic nitrogens is 2. The summed E-state index contributed by atoms with van der Waals surface area (Å²) in [5.74, 6) is 1.74. The quantitative estimate of drug-likeness (QED) is 0.790. The molecule has 2 aliphatic heterocycles. The molecule has 0 radical (unpaired) electrons. The third-order valence-electron chi connectivity index (χ3n) is 7.70. The predicted molar refractivity (Wildman–Crippen MR) is 121 cm³/mol. The number of piperidine rings is 2. The Labute approximate surface area is 184 Å². The van der Waals surface area contributed by atoms with Crippen LogP contribution >= 0.6 is 0 Å². The Hall–Kier alpha value is -2.18. The molecule has 2 aromatic rings. The average Bonchev–Trinajstić information content (AvgIpc) is 3.48. The van der Waals surface area contributed by atoms with Crippen molar-refractivity contribution in [2.45, 2.75) is 51.0 Å². The molecule has 1 amide bonds. The number of carbonyl (C=O) groups is 1. The van der Waals surface area contributed by atoms with E-state index in [1.807, 2.05) is 29.2 Å². The van der Waals surface area contributed by atoms with Gasteiger partial charge in [-0.2, -0.15) is 0 Å². The summed E-state index contributed by atoms with van der Waals surface area (Å²) in [6.45, 7) is 4.61. The second kappa shape index (κ2) is 8.75. The fraction of sp³-hybridized carbons (Fsp3) is 0.600. The van der Waals surface area contributed by atoms with Crippen molar-refractivity contribution in [1.82, 2.24) is 19.8 Å². The molecule has 3 fully saturated rings. The molecule has 2 saturated heterocycles. The predicted octanol–water partition coefficient (Wildman–Crippen LogP) is 3.56. The van der Waals surface area contributed by atoms with Crippen LogP contribution in [0, 0.1) is 11.3 Å². The van der Waals surface area contributed by atoms with Gasteiger partial charge >= 0.3 is 0 Å². The van der Waals surface area contributed by atoms with Gasteiger partial charge in [-0.3, -0.25) is 9.69 Å². The van der Waals surface area contributed by atoms with Crippen LogP contribution in [-0.4, -0.2) is 69.6 Å². The van der Waals surface area contributed by atoms with Gasteiger partial charge in [-0.1, -0.05) is 25.0 Å². The Balaban J connectivity index is 1.19. The van der Waals surface area contributed by atoms with Gasteiger partial charge in [0, 0.05) is 56.2 Å². The zero-order valence-corrected chi connectivity index (χ0v) is 18.3. The fourth-order valence-electron chi connectivity index (χ4n) is 6.09. The Morgan fingerprint density at radius 1 is 1.16 bits per heavy atom. The zero-order valence-electron chi connectivity index (χ0n) is 18.3. The number of carbonyl (C=O) groups excluding carboxylic acids is 1. The third-order valence-corrected chi connectivity index (χ3v) is 7.70. The summed E-state index contributed by atoms with van der Waals surface area (Å²) in [6, 6.07) is 7.71. The number of nitrogens with zero attached hydrogens (tertiary/aromatic N) is 3. The minimum Gasteiger partial charge on any atom is -0.392 e. The van der Waals surface area contributed by atoms with E-state index in [4.69, 9.17) is 0 Å². The molecule has 1 aliphatic carbocycles. The van der Waals surface area contributed by atoms with Crippen LogP contribution in [0.4, 0.5) is 0 Å². The molecule has 6 heteroatoms. The smallest absolute Gasteiger partial charge is 0.253 e. The van der Waals surface area contributed by atoms with Crippen LogP contribution in [0.2, 0.25) is 0 Å². The first kappa shape index (κ1) is 20.7. The molecule has 6 nitrogen and oxygen atoms in total. The first-order valence-corrected chi connectivity index (χ1v) is 11.9. The minimum atomic E-state index is -0.230. The second-order valence-corrected chi connectivity index (χ2v) is 10.0. The van der Waals surface area contributed by atoms with E-state index in [0.29, 0.717) is 0 Å². The van der Waals surface area contributed by atoms with Crippen molar-refractivity contribution >= 4 is 5.91 Å². The molecule has 5 rings (SSSR count). The monoisotopic (exact) mass is 422 g/mol. The molecule has 1 saturated carbocycles. The van der Waals surface area contributed by atoms with Crippen molar-refractivity contribution in [1.29, 1.82) is 0 Å². The Morgan fingerprint density at radius 3 is 2.58 bits per heavy atom. The van der Waals surface area contributed by atoms with E-state index in [2.05, 4.69) is 14.9 Å². The van der Waals surface area contributed by atoms with Crippen molar-refractivity contribution in [3.05, 3.63) is 42.2 Å². The highest BCUT2D eigenvalue weighted by Crippen LogP contribution is 2.41. The SMILES string of the molecule is O=C(c1ccc(-c2ncc[nH]2)cc1)N1CCC2(CC1)CC(O)CN(CC1CCCC1)C2. The maximum Gasteiger partial charge on any atom is 0.253 e. The molecule has 3 aliphatic rings. The third kappa shape index (κ3) is 4.55. The largest absolute Gasteiger partial charge is 0.392 e. The maximum absolute atomic E-state index is 13.1.